The molecule has 0 aromatic rings. The van der Waals surface area contributed by atoms with Crippen molar-refractivity contribution in [1.82, 2.24) is 0 Å². The number of rotatable bonds is 4. The minimum absolute atomic E-state index is 0.266. The predicted octanol–water partition coefficient (Wildman–Crippen LogP) is 2.10. The third-order valence-electron chi connectivity index (χ3n) is 3.42. The maximum Gasteiger partial charge on any atom is 0.155 e. The van der Waals surface area contributed by atoms with Crippen molar-refractivity contribution in [3.63, 3.8) is 0 Å². The Hall–Kier alpha value is -0.590. The van der Waals surface area contributed by atoms with E-state index in [0.717, 1.165) is 12.8 Å². The molecule has 1 aliphatic carbocycles. The zero-order valence-electron chi connectivity index (χ0n) is 10.0. The van der Waals surface area contributed by atoms with E-state index in [-0.39, 0.29) is 6.10 Å². The maximum atomic E-state index is 9.34. The Morgan fingerprint density at radius 3 is 2.20 bits per heavy atom. The summed E-state index contributed by atoms with van der Waals surface area (Å²) in [7, 11) is 0. The molecule has 3 nitrogen and oxygen atoms in total. The molecule has 1 N–H and O–H groups in total. The Morgan fingerprint density at radius 2 is 1.87 bits per heavy atom. The molecule has 1 fully saturated rings. The van der Waals surface area contributed by atoms with E-state index >= 15 is 0 Å². The van der Waals surface area contributed by atoms with E-state index in [1.165, 1.54) is 0 Å². The summed E-state index contributed by atoms with van der Waals surface area (Å²) >= 11 is 0. The molecule has 2 unspecified atom stereocenters. The Morgan fingerprint density at radius 1 is 1.33 bits per heavy atom. The van der Waals surface area contributed by atoms with Crippen LogP contribution in [0.25, 0.3) is 0 Å². The fourth-order valence-electron chi connectivity index (χ4n) is 1.93. The molecular weight excluding hydrogens is 190 g/mol. The van der Waals surface area contributed by atoms with Crippen molar-refractivity contribution in [2.45, 2.75) is 58.3 Å². The normalized spacial score (nSPS) is 34.3. The van der Waals surface area contributed by atoms with Crippen molar-refractivity contribution in [2.24, 2.45) is 11.8 Å². The topological polar surface area (TPSA) is 53.2 Å². The van der Waals surface area contributed by atoms with Crippen LogP contribution in [0, 0.1) is 23.2 Å². The van der Waals surface area contributed by atoms with Crippen LogP contribution in [0.2, 0.25) is 0 Å². The first kappa shape index (κ1) is 12.5. The van der Waals surface area contributed by atoms with Gasteiger partial charge in [0.1, 0.15) is 0 Å². The van der Waals surface area contributed by atoms with Crippen molar-refractivity contribution in [3.8, 4) is 6.07 Å². The number of nitriles is 1. The molecule has 1 saturated carbocycles. The van der Waals surface area contributed by atoms with Crippen LogP contribution in [0.15, 0.2) is 0 Å². The van der Waals surface area contributed by atoms with Crippen LogP contribution >= 0.6 is 0 Å². The van der Waals surface area contributed by atoms with Crippen molar-refractivity contribution in [3.05, 3.63) is 0 Å². The number of aliphatic hydroxyl groups is 1. The van der Waals surface area contributed by atoms with Crippen LogP contribution in [0.1, 0.15) is 40.5 Å². The van der Waals surface area contributed by atoms with Crippen molar-refractivity contribution >= 4 is 0 Å². The molecule has 0 aromatic heterocycles. The van der Waals surface area contributed by atoms with Gasteiger partial charge in [-0.25, -0.2) is 0 Å². The zero-order valence-corrected chi connectivity index (χ0v) is 10.0. The molecule has 86 valence electrons. The molecule has 0 spiro atoms. The fourth-order valence-corrected chi connectivity index (χ4v) is 1.93. The van der Waals surface area contributed by atoms with Gasteiger partial charge in [-0.1, -0.05) is 13.8 Å². The highest BCUT2D eigenvalue weighted by Gasteiger charge is 2.48. The average Bonchev–Trinajstić information content (AvgIpc) is 2.09. The van der Waals surface area contributed by atoms with Crippen LogP contribution in [-0.4, -0.2) is 22.9 Å². The highest BCUT2D eigenvalue weighted by Crippen LogP contribution is 2.45. The van der Waals surface area contributed by atoms with E-state index in [1.54, 1.807) is 6.92 Å². The van der Waals surface area contributed by atoms with Gasteiger partial charge in [0.25, 0.3) is 0 Å². The first-order valence-electron chi connectivity index (χ1n) is 5.67. The number of nitrogens with zero attached hydrogens (tertiary/aromatic N) is 1. The smallest absolute Gasteiger partial charge is 0.155 e. The molecule has 2 atom stereocenters. The molecule has 1 aliphatic rings. The Bertz CT molecular complexity index is 249. The average molecular weight is 211 g/mol. The van der Waals surface area contributed by atoms with Gasteiger partial charge in [0, 0.05) is 0 Å². The van der Waals surface area contributed by atoms with Crippen LogP contribution < -0.4 is 0 Å². The van der Waals surface area contributed by atoms with E-state index in [2.05, 4.69) is 19.9 Å². The van der Waals surface area contributed by atoms with Gasteiger partial charge in [-0.2, -0.15) is 5.26 Å². The third kappa shape index (κ3) is 2.70. The lowest BCUT2D eigenvalue weighted by atomic mass is 9.66. The molecule has 0 aromatic carbocycles. The molecule has 15 heavy (non-hydrogen) atoms. The molecule has 1 rings (SSSR count). The van der Waals surface area contributed by atoms with Gasteiger partial charge < -0.3 is 9.84 Å². The molecule has 3 heteroatoms. The minimum Gasteiger partial charge on any atom is -0.391 e. The lowest BCUT2D eigenvalue weighted by Crippen LogP contribution is -2.50. The van der Waals surface area contributed by atoms with E-state index in [0.29, 0.717) is 11.8 Å². The second-order valence-corrected chi connectivity index (χ2v) is 5.08. The highest BCUT2D eigenvalue weighted by molar-refractivity contribution is 5.12. The highest BCUT2D eigenvalue weighted by atomic mass is 16.5. The number of aliphatic hydroxyl groups excluding tert-OH is 1. The van der Waals surface area contributed by atoms with Gasteiger partial charge in [-0.15, -0.1) is 0 Å². The summed E-state index contributed by atoms with van der Waals surface area (Å²) in [5.41, 5.74) is -0.634. The molecule has 0 radical (unpaired) electrons. The van der Waals surface area contributed by atoms with Gasteiger partial charge in [0.2, 0.25) is 0 Å². The van der Waals surface area contributed by atoms with Crippen molar-refractivity contribution in [2.75, 3.05) is 0 Å². The molecule has 0 amide bonds. The number of ether oxygens (including phenoxy) is 1. The summed E-state index contributed by atoms with van der Waals surface area (Å²) in [6.45, 7) is 7.84. The van der Waals surface area contributed by atoms with Gasteiger partial charge >= 0.3 is 0 Å². The van der Waals surface area contributed by atoms with E-state index in [9.17, 15) is 5.11 Å². The first-order valence-corrected chi connectivity index (χ1v) is 5.67. The van der Waals surface area contributed by atoms with Crippen molar-refractivity contribution < 1.29 is 9.84 Å². The maximum absolute atomic E-state index is 9.34. The number of hydrogen-bond donors (Lipinski definition) is 1. The van der Waals surface area contributed by atoms with E-state index in [4.69, 9.17) is 10.00 Å². The van der Waals surface area contributed by atoms with Gasteiger partial charge in [-0.05, 0) is 38.5 Å². The summed E-state index contributed by atoms with van der Waals surface area (Å²) in [6.07, 6.45) is 0.822. The summed E-state index contributed by atoms with van der Waals surface area (Å²) in [5.74, 6) is 1.20. The Balaban J connectivity index is 2.50. The SMILES string of the molecule is CC(C)C1CC(C#N)(OC(C)C(C)O)C1. The van der Waals surface area contributed by atoms with Gasteiger partial charge in [-0.3, -0.25) is 0 Å². The molecule has 0 saturated heterocycles. The first-order chi connectivity index (χ1) is 6.90. The lowest BCUT2D eigenvalue weighted by Gasteiger charge is -2.45. The van der Waals surface area contributed by atoms with Crippen molar-refractivity contribution in [1.29, 1.82) is 5.26 Å². The molecular formula is C12H21NO2. The standard InChI is InChI=1S/C12H21NO2/c1-8(2)11-5-12(6-11,7-13)15-10(4)9(3)14/h8-11,14H,5-6H2,1-4H3. The second-order valence-electron chi connectivity index (χ2n) is 5.08. The van der Waals surface area contributed by atoms with Crippen LogP contribution in [0.3, 0.4) is 0 Å². The Kier molecular flexibility index (Phi) is 3.75. The zero-order chi connectivity index (χ0) is 11.6. The Labute approximate surface area is 92.0 Å². The summed E-state index contributed by atoms with van der Waals surface area (Å²) in [5, 5.41) is 18.5. The van der Waals surface area contributed by atoms with Crippen LogP contribution in [0.4, 0.5) is 0 Å². The van der Waals surface area contributed by atoms with Crippen LogP contribution in [-0.2, 0) is 4.74 Å². The quantitative estimate of drug-likeness (QED) is 0.774. The van der Waals surface area contributed by atoms with E-state index < -0.39 is 11.7 Å². The molecule has 0 bridgehead atoms. The van der Waals surface area contributed by atoms with Crippen LogP contribution in [0.5, 0.6) is 0 Å². The fraction of sp³-hybridized carbons (Fsp3) is 0.917. The van der Waals surface area contributed by atoms with E-state index in [1.807, 2.05) is 6.92 Å². The van der Waals surface area contributed by atoms with Gasteiger partial charge in [0.15, 0.2) is 5.60 Å². The van der Waals surface area contributed by atoms with Gasteiger partial charge in [0.05, 0.1) is 18.3 Å². The largest absolute Gasteiger partial charge is 0.391 e. The minimum atomic E-state index is -0.634. The lowest BCUT2D eigenvalue weighted by molar-refractivity contribution is -0.154. The number of hydrogen-bond acceptors (Lipinski definition) is 3. The second kappa shape index (κ2) is 4.51. The predicted molar refractivity (Wildman–Crippen MR) is 58.1 cm³/mol. The molecule has 0 heterocycles. The molecule has 0 aliphatic heterocycles. The summed E-state index contributed by atoms with van der Waals surface area (Å²) in [4.78, 5) is 0. The third-order valence-corrected chi connectivity index (χ3v) is 3.42. The monoisotopic (exact) mass is 211 g/mol. The summed E-state index contributed by atoms with van der Waals surface area (Å²) in [6, 6.07) is 2.25. The summed E-state index contributed by atoms with van der Waals surface area (Å²) < 4.78 is 5.65.